The van der Waals surface area contributed by atoms with Gasteiger partial charge in [0.15, 0.2) is 17.5 Å². The van der Waals surface area contributed by atoms with E-state index < -0.39 is 5.82 Å². The summed E-state index contributed by atoms with van der Waals surface area (Å²) in [6.45, 7) is 7.14. The number of aromatic nitrogens is 6. The average molecular weight is 490 g/mol. The van der Waals surface area contributed by atoms with Crippen LogP contribution >= 0.6 is 0 Å². The van der Waals surface area contributed by atoms with Crippen molar-refractivity contribution in [2.45, 2.75) is 26.8 Å². The summed E-state index contributed by atoms with van der Waals surface area (Å²) < 4.78 is 14.6. The van der Waals surface area contributed by atoms with Crippen LogP contribution in [-0.2, 0) is 4.79 Å². The molecule has 5 rings (SSSR count). The van der Waals surface area contributed by atoms with Crippen LogP contribution < -0.4 is 10.2 Å². The third kappa shape index (κ3) is 4.77. The number of H-pyrrole nitrogens is 1. The van der Waals surface area contributed by atoms with Gasteiger partial charge in [0.25, 0.3) is 0 Å². The number of carbonyl (C=O) groups excluding carboxylic acids is 1. The average Bonchev–Trinajstić information content (AvgIpc) is 3.44. The van der Waals surface area contributed by atoms with Gasteiger partial charge in [0.1, 0.15) is 11.6 Å². The summed E-state index contributed by atoms with van der Waals surface area (Å²) in [5.41, 5.74) is 2.93. The molecule has 0 unspecified atom stereocenters. The fourth-order valence-electron chi connectivity index (χ4n) is 4.22. The molecule has 186 valence electrons. The number of anilines is 3. The highest BCUT2D eigenvalue weighted by molar-refractivity contribution is 5.82. The Morgan fingerprint density at radius 1 is 1.17 bits per heavy atom. The topological polar surface area (TPSA) is 108 Å². The zero-order chi connectivity index (χ0) is 25.4. The SMILES string of the molecule is Cc1cc(Nc2cc(C)[nH]n2)nc(N2CC(C(=O)N(C)[C@@H](C)c3ccc(-n4cc(F)cn4)nc3)C2)c1. The van der Waals surface area contributed by atoms with E-state index in [1.165, 1.54) is 10.9 Å². The van der Waals surface area contributed by atoms with E-state index in [-0.39, 0.29) is 17.9 Å². The lowest BCUT2D eigenvalue weighted by atomic mass is 9.97. The third-order valence-corrected chi connectivity index (χ3v) is 6.44. The van der Waals surface area contributed by atoms with E-state index in [2.05, 4.69) is 30.5 Å². The number of rotatable bonds is 7. The van der Waals surface area contributed by atoms with Crippen molar-refractivity contribution in [3.05, 3.63) is 71.6 Å². The Labute approximate surface area is 208 Å². The molecular formula is C25H28FN9O. The molecule has 1 fully saturated rings. The minimum Gasteiger partial charge on any atom is -0.355 e. The summed E-state index contributed by atoms with van der Waals surface area (Å²) in [6, 6.07) is 9.39. The van der Waals surface area contributed by atoms with Crippen molar-refractivity contribution in [1.29, 1.82) is 0 Å². The lowest BCUT2D eigenvalue weighted by Crippen LogP contribution is -2.54. The maximum atomic E-state index is 13.2. The van der Waals surface area contributed by atoms with Crippen molar-refractivity contribution in [1.82, 2.24) is 34.8 Å². The van der Waals surface area contributed by atoms with Gasteiger partial charge in [-0.25, -0.2) is 19.0 Å². The molecule has 1 saturated heterocycles. The Balaban J connectivity index is 1.20. The second kappa shape index (κ2) is 9.40. The Morgan fingerprint density at radius 3 is 2.61 bits per heavy atom. The first-order chi connectivity index (χ1) is 17.3. The van der Waals surface area contributed by atoms with Gasteiger partial charge in [0.05, 0.1) is 24.4 Å². The van der Waals surface area contributed by atoms with Crippen molar-refractivity contribution in [2.24, 2.45) is 5.92 Å². The molecule has 1 atom stereocenters. The summed E-state index contributed by atoms with van der Waals surface area (Å²) in [6.07, 6.45) is 4.10. The minimum absolute atomic E-state index is 0.0787. The molecule has 36 heavy (non-hydrogen) atoms. The van der Waals surface area contributed by atoms with Crippen LogP contribution in [0.3, 0.4) is 0 Å². The van der Waals surface area contributed by atoms with Gasteiger partial charge in [-0.05, 0) is 50.1 Å². The van der Waals surface area contributed by atoms with Gasteiger partial charge < -0.3 is 15.1 Å². The molecule has 5 heterocycles. The molecule has 4 aromatic rings. The van der Waals surface area contributed by atoms with E-state index in [0.29, 0.717) is 30.5 Å². The van der Waals surface area contributed by atoms with Crippen molar-refractivity contribution < 1.29 is 9.18 Å². The van der Waals surface area contributed by atoms with E-state index in [1.54, 1.807) is 17.2 Å². The first-order valence-electron chi connectivity index (χ1n) is 11.7. The van der Waals surface area contributed by atoms with E-state index in [0.717, 1.165) is 28.8 Å². The first kappa shape index (κ1) is 23.5. The van der Waals surface area contributed by atoms with Gasteiger partial charge in [-0.15, -0.1) is 0 Å². The lowest BCUT2D eigenvalue weighted by molar-refractivity contribution is -0.137. The predicted octanol–water partition coefficient (Wildman–Crippen LogP) is 3.54. The first-order valence-corrected chi connectivity index (χ1v) is 11.7. The number of halogens is 1. The number of aryl methyl sites for hydroxylation is 2. The van der Waals surface area contributed by atoms with E-state index in [1.807, 2.05) is 52.1 Å². The zero-order valence-electron chi connectivity index (χ0n) is 20.6. The number of carbonyl (C=O) groups is 1. The van der Waals surface area contributed by atoms with Crippen LogP contribution in [0.1, 0.15) is 29.8 Å². The Morgan fingerprint density at radius 2 is 1.97 bits per heavy atom. The van der Waals surface area contributed by atoms with Crippen LogP contribution in [0.25, 0.3) is 5.82 Å². The van der Waals surface area contributed by atoms with Gasteiger partial charge >= 0.3 is 0 Å². The van der Waals surface area contributed by atoms with Gasteiger partial charge in [-0.2, -0.15) is 10.2 Å². The molecule has 0 aromatic carbocycles. The van der Waals surface area contributed by atoms with Gasteiger partial charge in [-0.1, -0.05) is 6.07 Å². The van der Waals surface area contributed by atoms with Gasteiger partial charge in [0.2, 0.25) is 5.91 Å². The number of amides is 1. The largest absolute Gasteiger partial charge is 0.355 e. The molecular weight excluding hydrogens is 461 g/mol. The maximum absolute atomic E-state index is 13.2. The molecule has 1 aliphatic rings. The van der Waals surface area contributed by atoms with Crippen LogP contribution in [0.15, 0.2) is 48.9 Å². The molecule has 2 N–H and O–H groups in total. The molecule has 1 amide bonds. The van der Waals surface area contributed by atoms with Crippen LogP contribution in [0.4, 0.5) is 21.8 Å². The van der Waals surface area contributed by atoms with Gasteiger partial charge in [-0.3, -0.25) is 9.89 Å². The van der Waals surface area contributed by atoms with Crippen LogP contribution in [0, 0.1) is 25.6 Å². The number of pyridine rings is 2. The molecule has 0 bridgehead atoms. The molecule has 4 aromatic heterocycles. The molecule has 0 aliphatic carbocycles. The number of hydrogen-bond donors (Lipinski definition) is 2. The standard InChI is InChI=1S/C25H28FN9O/c1-15-7-21(29-22-9-16(2)31-32-22)30-24(8-15)34-12-19(13-34)25(36)33(4)17(3)18-5-6-23(27-10-18)35-14-20(26)11-28-35/h5-11,14,17,19H,12-13H2,1-4H3,(H2,29,30,31,32)/t17-/m0/s1. The summed E-state index contributed by atoms with van der Waals surface area (Å²) in [7, 11) is 1.81. The Hall–Kier alpha value is -4.28. The molecule has 1 aliphatic heterocycles. The second-order valence-corrected chi connectivity index (χ2v) is 9.23. The molecule has 0 spiro atoms. The lowest BCUT2D eigenvalue weighted by Gasteiger charge is -2.42. The second-order valence-electron chi connectivity index (χ2n) is 9.23. The molecule has 0 saturated carbocycles. The van der Waals surface area contributed by atoms with Crippen molar-refractivity contribution >= 4 is 23.4 Å². The van der Waals surface area contributed by atoms with Crippen LogP contribution in [-0.4, -0.2) is 60.9 Å². The van der Waals surface area contributed by atoms with E-state index >= 15 is 0 Å². The third-order valence-electron chi connectivity index (χ3n) is 6.44. The number of hydrogen-bond acceptors (Lipinski definition) is 7. The Kier molecular flexibility index (Phi) is 6.13. The summed E-state index contributed by atoms with van der Waals surface area (Å²) in [5, 5.41) is 14.3. The summed E-state index contributed by atoms with van der Waals surface area (Å²) in [4.78, 5) is 26.1. The predicted molar refractivity (Wildman–Crippen MR) is 134 cm³/mol. The fraction of sp³-hybridized carbons (Fsp3) is 0.320. The highest BCUT2D eigenvalue weighted by Gasteiger charge is 2.36. The maximum Gasteiger partial charge on any atom is 0.229 e. The molecule has 0 radical (unpaired) electrons. The highest BCUT2D eigenvalue weighted by atomic mass is 19.1. The summed E-state index contributed by atoms with van der Waals surface area (Å²) >= 11 is 0. The smallest absolute Gasteiger partial charge is 0.229 e. The van der Waals surface area contributed by atoms with Crippen molar-refractivity contribution in [3.8, 4) is 5.82 Å². The fourth-order valence-corrected chi connectivity index (χ4v) is 4.22. The monoisotopic (exact) mass is 489 g/mol. The summed E-state index contributed by atoms with van der Waals surface area (Å²) in [5.74, 6) is 2.32. The van der Waals surface area contributed by atoms with Crippen molar-refractivity contribution in [3.63, 3.8) is 0 Å². The van der Waals surface area contributed by atoms with Crippen molar-refractivity contribution in [2.75, 3.05) is 30.4 Å². The number of aromatic amines is 1. The minimum atomic E-state index is -0.421. The highest BCUT2D eigenvalue weighted by Crippen LogP contribution is 2.29. The number of nitrogens with one attached hydrogen (secondary N) is 2. The van der Waals surface area contributed by atoms with Crippen LogP contribution in [0.5, 0.6) is 0 Å². The quantitative estimate of drug-likeness (QED) is 0.409. The van der Waals surface area contributed by atoms with Crippen LogP contribution in [0.2, 0.25) is 0 Å². The normalized spacial score (nSPS) is 14.4. The zero-order valence-corrected chi connectivity index (χ0v) is 20.6. The van der Waals surface area contributed by atoms with Gasteiger partial charge in [0, 0.05) is 38.1 Å². The number of nitrogens with zero attached hydrogens (tertiary/aromatic N) is 7. The van der Waals surface area contributed by atoms with E-state index in [4.69, 9.17) is 4.98 Å². The molecule has 10 nitrogen and oxygen atoms in total. The molecule has 11 heteroatoms. The Bertz CT molecular complexity index is 1370. The van der Waals surface area contributed by atoms with E-state index in [9.17, 15) is 9.18 Å².